The minimum atomic E-state index is -0.341. The summed E-state index contributed by atoms with van der Waals surface area (Å²) in [5.74, 6) is 1.81. The molecule has 4 aromatic rings. The fraction of sp³-hybridized carbons (Fsp3) is 0.250. The molecule has 4 aromatic carbocycles. The quantitative estimate of drug-likeness (QED) is 0.259. The molecule has 0 fully saturated rings. The van der Waals surface area contributed by atoms with Gasteiger partial charge in [0.15, 0.2) is 0 Å². The van der Waals surface area contributed by atoms with E-state index in [1.54, 1.807) is 56.7 Å². The molecule has 0 aromatic heterocycles. The van der Waals surface area contributed by atoms with Crippen molar-refractivity contribution in [2.24, 2.45) is 0 Å². The SMILES string of the molecule is COc1ccc([C@H]2COc3cc(O)ccc3[C@@H]2c2cc(C3COc4cc(O)ccc4C3)c(O)cc2OC)c(O)c1. The molecule has 206 valence electrons. The van der Waals surface area contributed by atoms with Crippen LogP contribution in [0.5, 0.6) is 46.0 Å². The van der Waals surface area contributed by atoms with E-state index in [1.807, 2.05) is 24.3 Å². The molecular weight excluding hydrogens is 512 g/mol. The van der Waals surface area contributed by atoms with Gasteiger partial charge in [0, 0.05) is 64.3 Å². The Labute approximate surface area is 231 Å². The van der Waals surface area contributed by atoms with Gasteiger partial charge in [-0.25, -0.2) is 0 Å². The highest BCUT2D eigenvalue weighted by Crippen LogP contribution is 2.52. The number of hydrogen-bond donors (Lipinski definition) is 4. The van der Waals surface area contributed by atoms with Crippen LogP contribution in [0.4, 0.5) is 0 Å². The third-order valence-electron chi connectivity index (χ3n) is 7.90. The summed E-state index contributed by atoms with van der Waals surface area (Å²) in [7, 11) is 3.10. The molecule has 0 spiro atoms. The van der Waals surface area contributed by atoms with Crippen molar-refractivity contribution in [1.82, 2.24) is 0 Å². The average Bonchev–Trinajstić information content (AvgIpc) is 2.96. The molecule has 1 unspecified atom stereocenters. The predicted molar refractivity (Wildman–Crippen MR) is 148 cm³/mol. The molecule has 2 aliphatic rings. The van der Waals surface area contributed by atoms with Gasteiger partial charge in [0.1, 0.15) is 46.0 Å². The molecule has 0 saturated carbocycles. The summed E-state index contributed by atoms with van der Waals surface area (Å²) in [6.07, 6.45) is 0.621. The lowest BCUT2D eigenvalue weighted by Crippen LogP contribution is -2.26. The predicted octanol–water partition coefficient (Wildman–Crippen LogP) is 5.55. The zero-order valence-electron chi connectivity index (χ0n) is 22.1. The second-order valence-corrected chi connectivity index (χ2v) is 10.2. The maximum atomic E-state index is 11.1. The Hall–Kier alpha value is -4.72. The van der Waals surface area contributed by atoms with Gasteiger partial charge >= 0.3 is 0 Å². The lowest BCUT2D eigenvalue weighted by atomic mass is 9.74. The summed E-state index contributed by atoms with van der Waals surface area (Å²) in [6, 6.07) is 18.9. The van der Waals surface area contributed by atoms with E-state index in [9.17, 15) is 20.4 Å². The van der Waals surface area contributed by atoms with Gasteiger partial charge in [-0.05, 0) is 36.2 Å². The van der Waals surface area contributed by atoms with Gasteiger partial charge in [-0.3, -0.25) is 0 Å². The molecule has 8 nitrogen and oxygen atoms in total. The van der Waals surface area contributed by atoms with Gasteiger partial charge in [-0.2, -0.15) is 0 Å². The van der Waals surface area contributed by atoms with Crippen molar-refractivity contribution in [1.29, 1.82) is 0 Å². The summed E-state index contributed by atoms with van der Waals surface area (Å²) in [5, 5.41) is 42.1. The van der Waals surface area contributed by atoms with E-state index in [2.05, 4.69) is 0 Å². The van der Waals surface area contributed by atoms with E-state index in [1.165, 1.54) is 0 Å². The monoisotopic (exact) mass is 542 g/mol. The minimum Gasteiger partial charge on any atom is -0.508 e. The Morgan fingerprint density at radius 1 is 0.650 bits per heavy atom. The van der Waals surface area contributed by atoms with Crippen LogP contribution in [0.2, 0.25) is 0 Å². The van der Waals surface area contributed by atoms with E-state index in [4.69, 9.17) is 18.9 Å². The zero-order valence-corrected chi connectivity index (χ0v) is 22.1. The van der Waals surface area contributed by atoms with Crippen LogP contribution < -0.4 is 18.9 Å². The van der Waals surface area contributed by atoms with Crippen molar-refractivity contribution < 1.29 is 39.4 Å². The summed E-state index contributed by atoms with van der Waals surface area (Å²) in [4.78, 5) is 0. The smallest absolute Gasteiger partial charge is 0.126 e. The number of methoxy groups -OCH3 is 2. The Bertz CT molecular complexity index is 1580. The molecule has 0 radical (unpaired) electrons. The lowest BCUT2D eigenvalue weighted by molar-refractivity contribution is 0.242. The lowest BCUT2D eigenvalue weighted by Gasteiger charge is -2.36. The minimum absolute atomic E-state index is 0.0821. The Kier molecular flexibility index (Phi) is 6.46. The largest absolute Gasteiger partial charge is 0.508 e. The normalized spacial score (nSPS) is 19.5. The van der Waals surface area contributed by atoms with Crippen LogP contribution in [-0.2, 0) is 6.42 Å². The molecule has 40 heavy (non-hydrogen) atoms. The fourth-order valence-corrected chi connectivity index (χ4v) is 5.93. The van der Waals surface area contributed by atoms with Crippen LogP contribution in [0.3, 0.4) is 0 Å². The van der Waals surface area contributed by atoms with Gasteiger partial charge in [-0.1, -0.05) is 18.2 Å². The van der Waals surface area contributed by atoms with Gasteiger partial charge in [0.2, 0.25) is 0 Å². The molecule has 3 atom stereocenters. The van der Waals surface area contributed by atoms with Gasteiger partial charge in [0.25, 0.3) is 0 Å². The molecule has 2 aliphatic heterocycles. The third kappa shape index (κ3) is 4.45. The first kappa shape index (κ1) is 25.6. The van der Waals surface area contributed by atoms with E-state index < -0.39 is 0 Å². The van der Waals surface area contributed by atoms with Crippen molar-refractivity contribution in [2.75, 3.05) is 27.4 Å². The van der Waals surface area contributed by atoms with Crippen LogP contribution in [0, 0.1) is 0 Å². The van der Waals surface area contributed by atoms with Crippen molar-refractivity contribution in [3.8, 4) is 46.0 Å². The third-order valence-corrected chi connectivity index (χ3v) is 7.90. The van der Waals surface area contributed by atoms with Crippen molar-refractivity contribution in [3.05, 3.63) is 94.5 Å². The number of ether oxygens (including phenoxy) is 4. The molecule has 6 rings (SSSR count). The number of hydrogen-bond acceptors (Lipinski definition) is 8. The van der Waals surface area contributed by atoms with Gasteiger partial charge in [-0.15, -0.1) is 0 Å². The van der Waals surface area contributed by atoms with Crippen LogP contribution in [-0.4, -0.2) is 47.9 Å². The maximum absolute atomic E-state index is 11.1. The molecule has 4 N–H and O–H groups in total. The molecule has 0 aliphatic carbocycles. The molecule has 0 amide bonds. The number of benzene rings is 4. The van der Waals surface area contributed by atoms with E-state index in [-0.39, 0.29) is 47.4 Å². The zero-order chi connectivity index (χ0) is 28.0. The second-order valence-electron chi connectivity index (χ2n) is 10.2. The summed E-state index contributed by atoms with van der Waals surface area (Å²) >= 11 is 0. The first-order valence-electron chi connectivity index (χ1n) is 13.0. The number of phenolic OH excluding ortho intramolecular Hbond substituents is 4. The second kappa shape index (κ2) is 10.1. The summed E-state index contributed by atoms with van der Waals surface area (Å²) in [5.41, 5.74) is 3.95. The highest BCUT2D eigenvalue weighted by Gasteiger charge is 2.38. The molecule has 0 saturated heterocycles. The van der Waals surface area contributed by atoms with Crippen molar-refractivity contribution in [2.45, 2.75) is 24.2 Å². The van der Waals surface area contributed by atoms with Crippen molar-refractivity contribution >= 4 is 0 Å². The van der Waals surface area contributed by atoms with E-state index >= 15 is 0 Å². The molecular formula is C32H30O8. The van der Waals surface area contributed by atoms with E-state index in [0.717, 1.165) is 16.7 Å². The topological polar surface area (TPSA) is 118 Å². The van der Waals surface area contributed by atoms with Crippen LogP contribution in [0.15, 0.2) is 66.7 Å². The highest BCUT2D eigenvalue weighted by atomic mass is 16.5. The Morgan fingerprint density at radius 3 is 2.10 bits per heavy atom. The van der Waals surface area contributed by atoms with Gasteiger partial charge < -0.3 is 39.4 Å². The number of phenols is 4. The Balaban J connectivity index is 1.49. The van der Waals surface area contributed by atoms with Gasteiger partial charge in [0.05, 0.1) is 27.4 Å². The molecule has 0 bridgehead atoms. The first-order chi connectivity index (χ1) is 19.4. The average molecular weight is 543 g/mol. The maximum Gasteiger partial charge on any atom is 0.126 e. The van der Waals surface area contributed by atoms with Crippen LogP contribution in [0.1, 0.15) is 45.6 Å². The first-order valence-corrected chi connectivity index (χ1v) is 13.0. The number of rotatable bonds is 5. The highest BCUT2D eigenvalue weighted by molar-refractivity contribution is 5.58. The molecule has 2 heterocycles. The van der Waals surface area contributed by atoms with Crippen molar-refractivity contribution in [3.63, 3.8) is 0 Å². The van der Waals surface area contributed by atoms with E-state index in [0.29, 0.717) is 47.2 Å². The van der Waals surface area contributed by atoms with Crippen LogP contribution in [0.25, 0.3) is 0 Å². The van der Waals surface area contributed by atoms with Crippen LogP contribution >= 0.6 is 0 Å². The Morgan fingerprint density at radius 2 is 1.35 bits per heavy atom. The summed E-state index contributed by atoms with van der Waals surface area (Å²) in [6.45, 7) is 0.570. The number of fused-ring (bicyclic) bond motifs is 2. The summed E-state index contributed by atoms with van der Waals surface area (Å²) < 4.78 is 23.1. The standard InChI is InChI=1S/C32H30O8/c1-37-21-6-8-22(27(35)12-21)26-16-40-31-11-20(34)5-7-23(31)32(26)25-13-24(28(36)14-30(25)38-2)18-9-17-3-4-19(33)10-29(17)39-15-18/h3-8,10-14,18,26,32-36H,9,15-16H2,1-2H3/t18?,26-,32-/m1/s1. The molecule has 8 heteroatoms. The number of aromatic hydroxyl groups is 4. The fourth-order valence-electron chi connectivity index (χ4n) is 5.93.